The molecule has 196 valence electrons. The largest absolute Gasteiger partial charge is 0.379 e. The first-order chi connectivity index (χ1) is 15.9. The van der Waals surface area contributed by atoms with Crippen molar-refractivity contribution < 1.29 is 23.8 Å². The minimum Gasteiger partial charge on any atom is -0.379 e. The summed E-state index contributed by atoms with van der Waals surface area (Å²) in [5.74, 6) is 0.735. The van der Waals surface area contributed by atoms with Crippen LogP contribution in [-0.2, 0) is 23.8 Å². The van der Waals surface area contributed by atoms with E-state index in [9.17, 15) is 9.59 Å². The van der Waals surface area contributed by atoms with Crippen molar-refractivity contribution in [3.63, 3.8) is 0 Å². The van der Waals surface area contributed by atoms with E-state index in [-0.39, 0.29) is 11.8 Å². The van der Waals surface area contributed by atoms with Crippen LogP contribution in [0.25, 0.3) is 0 Å². The van der Waals surface area contributed by atoms with E-state index in [1.165, 1.54) is 6.42 Å². The van der Waals surface area contributed by atoms with Crippen molar-refractivity contribution in [2.24, 2.45) is 5.92 Å². The molecule has 0 aromatic rings. The van der Waals surface area contributed by atoms with Gasteiger partial charge in [0.25, 0.3) is 0 Å². The Hall–Kier alpha value is -1.22. The molecule has 0 spiro atoms. The Bertz CT molecular complexity index is 461. The van der Waals surface area contributed by atoms with Gasteiger partial charge in [0.05, 0.1) is 26.4 Å². The second-order valence-corrected chi connectivity index (χ2v) is 9.10. The molecule has 0 saturated carbocycles. The molecule has 0 radical (unpaired) electrons. The number of hydrogen-bond acceptors (Lipinski definition) is 6. The highest BCUT2D eigenvalue weighted by atomic mass is 16.5. The fourth-order valence-electron chi connectivity index (χ4n) is 3.00. The van der Waals surface area contributed by atoms with Crippen molar-refractivity contribution in [1.82, 2.24) is 16.0 Å². The molecule has 33 heavy (non-hydrogen) atoms. The van der Waals surface area contributed by atoms with Gasteiger partial charge in [0.2, 0.25) is 11.8 Å². The van der Waals surface area contributed by atoms with Crippen molar-refractivity contribution in [3.8, 4) is 0 Å². The Morgan fingerprint density at radius 2 is 1.09 bits per heavy atom. The normalized spacial score (nSPS) is 11.3. The van der Waals surface area contributed by atoms with Gasteiger partial charge in [-0.05, 0) is 38.1 Å². The van der Waals surface area contributed by atoms with Gasteiger partial charge >= 0.3 is 0 Å². The minimum atomic E-state index is -0.0111. The first kappa shape index (κ1) is 31.8. The molecule has 2 amide bonds. The van der Waals surface area contributed by atoms with E-state index in [0.717, 1.165) is 45.4 Å². The number of ether oxygens (including phenoxy) is 3. The van der Waals surface area contributed by atoms with Crippen LogP contribution < -0.4 is 16.0 Å². The third kappa shape index (κ3) is 26.9. The van der Waals surface area contributed by atoms with Crippen LogP contribution in [0.1, 0.15) is 79.1 Å². The van der Waals surface area contributed by atoms with Crippen molar-refractivity contribution in [2.75, 3.05) is 59.3 Å². The average molecular weight is 474 g/mol. The number of nitrogens with one attached hydrogen (secondary N) is 3. The number of rotatable bonds is 24. The SMILES string of the molecule is CC(C)CCCCNC(=O)CCCC(=O)NCCCOCCOCCOCCCNC(C)C. The minimum absolute atomic E-state index is 0.0111. The maximum atomic E-state index is 11.8. The maximum absolute atomic E-state index is 11.8. The van der Waals surface area contributed by atoms with Crippen molar-refractivity contribution in [3.05, 3.63) is 0 Å². The molecule has 3 N–H and O–H groups in total. The third-order valence-corrected chi connectivity index (χ3v) is 4.89. The molecule has 8 heteroatoms. The summed E-state index contributed by atoms with van der Waals surface area (Å²) in [6.07, 6.45) is 6.49. The molecule has 0 unspecified atom stereocenters. The number of hydrogen-bond donors (Lipinski definition) is 3. The van der Waals surface area contributed by atoms with Crippen LogP contribution in [0, 0.1) is 5.92 Å². The number of carbonyl (C=O) groups excluding carboxylic acids is 2. The van der Waals surface area contributed by atoms with E-state index in [2.05, 4.69) is 43.6 Å². The summed E-state index contributed by atoms with van der Waals surface area (Å²) >= 11 is 0. The lowest BCUT2D eigenvalue weighted by atomic mass is 10.1. The number of carbonyl (C=O) groups is 2. The third-order valence-electron chi connectivity index (χ3n) is 4.89. The molecule has 0 saturated heterocycles. The van der Waals surface area contributed by atoms with Gasteiger partial charge in [-0.3, -0.25) is 9.59 Å². The predicted octanol–water partition coefficient (Wildman–Crippen LogP) is 3.04. The van der Waals surface area contributed by atoms with Crippen molar-refractivity contribution in [1.29, 1.82) is 0 Å². The summed E-state index contributed by atoms with van der Waals surface area (Å²) in [6, 6.07) is 0.517. The molecule has 0 aliphatic rings. The number of unbranched alkanes of at least 4 members (excludes halogenated alkanes) is 1. The standard InChI is InChI=1S/C25H51N3O5/c1-22(2)10-5-6-13-27-24(29)11-7-12-25(30)28-15-9-17-32-19-21-33-20-18-31-16-8-14-26-23(3)4/h22-23,26H,5-21H2,1-4H3,(H,27,29)(H,28,30). The topological polar surface area (TPSA) is 97.9 Å². The summed E-state index contributed by atoms with van der Waals surface area (Å²) < 4.78 is 16.5. The van der Waals surface area contributed by atoms with Crippen molar-refractivity contribution in [2.45, 2.75) is 85.1 Å². The molecule has 0 aliphatic heterocycles. The first-order valence-electron chi connectivity index (χ1n) is 12.9. The Balaban J connectivity index is 3.28. The molecule has 0 aliphatic carbocycles. The Labute approximate surface area is 202 Å². The van der Waals surface area contributed by atoms with Crippen LogP contribution in [0.5, 0.6) is 0 Å². The van der Waals surface area contributed by atoms with Gasteiger partial charge in [0.1, 0.15) is 0 Å². The van der Waals surface area contributed by atoms with E-state index in [1.54, 1.807) is 0 Å². The fourth-order valence-corrected chi connectivity index (χ4v) is 3.00. The van der Waals surface area contributed by atoms with Crippen molar-refractivity contribution >= 4 is 11.8 Å². The van der Waals surface area contributed by atoms with E-state index < -0.39 is 0 Å². The van der Waals surface area contributed by atoms with Gasteiger partial charge in [-0.2, -0.15) is 0 Å². The zero-order chi connectivity index (χ0) is 24.6. The Morgan fingerprint density at radius 1 is 0.606 bits per heavy atom. The summed E-state index contributed by atoms with van der Waals surface area (Å²) in [6.45, 7) is 14.6. The van der Waals surface area contributed by atoms with Crippen LogP contribution in [0.15, 0.2) is 0 Å². The lowest BCUT2D eigenvalue weighted by Crippen LogP contribution is -2.27. The molecule has 0 aromatic heterocycles. The van der Waals surface area contributed by atoms with E-state index in [4.69, 9.17) is 14.2 Å². The summed E-state index contributed by atoms with van der Waals surface area (Å²) in [4.78, 5) is 23.6. The smallest absolute Gasteiger partial charge is 0.220 e. The monoisotopic (exact) mass is 473 g/mol. The highest BCUT2D eigenvalue weighted by molar-refractivity contribution is 5.78. The zero-order valence-corrected chi connectivity index (χ0v) is 21.7. The Kier molecular flexibility index (Phi) is 23.0. The van der Waals surface area contributed by atoms with E-state index in [0.29, 0.717) is 70.8 Å². The van der Waals surface area contributed by atoms with Crippen LogP contribution in [0.3, 0.4) is 0 Å². The van der Waals surface area contributed by atoms with Gasteiger partial charge < -0.3 is 30.2 Å². The second-order valence-electron chi connectivity index (χ2n) is 9.10. The first-order valence-corrected chi connectivity index (χ1v) is 12.9. The van der Waals surface area contributed by atoms with Gasteiger partial charge in [-0.15, -0.1) is 0 Å². The lowest BCUT2D eigenvalue weighted by molar-refractivity contribution is -0.122. The molecule has 0 bridgehead atoms. The molecule has 0 fully saturated rings. The van der Waals surface area contributed by atoms with Crippen LogP contribution in [0.4, 0.5) is 0 Å². The molecule has 0 atom stereocenters. The highest BCUT2D eigenvalue weighted by Gasteiger charge is 2.05. The van der Waals surface area contributed by atoms with Gasteiger partial charge in [-0.1, -0.05) is 40.5 Å². The summed E-state index contributed by atoms with van der Waals surface area (Å²) in [5, 5.41) is 9.14. The van der Waals surface area contributed by atoms with Crippen LogP contribution >= 0.6 is 0 Å². The van der Waals surface area contributed by atoms with Gasteiger partial charge in [0.15, 0.2) is 0 Å². The van der Waals surface area contributed by atoms with E-state index in [1.807, 2.05) is 0 Å². The molecule has 0 aromatic carbocycles. The zero-order valence-electron chi connectivity index (χ0n) is 21.7. The average Bonchev–Trinajstić information content (AvgIpc) is 2.75. The maximum Gasteiger partial charge on any atom is 0.220 e. The van der Waals surface area contributed by atoms with E-state index >= 15 is 0 Å². The van der Waals surface area contributed by atoms with Gasteiger partial charge in [0, 0.05) is 45.2 Å². The highest BCUT2D eigenvalue weighted by Crippen LogP contribution is 2.05. The Morgan fingerprint density at radius 3 is 1.61 bits per heavy atom. The van der Waals surface area contributed by atoms with Crippen LogP contribution in [-0.4, -0.2) is 77.1 Å². The second kappa shape index (κ2) is 23.9. The predicted molar refractivity (Wildman–Crippen MR) is 133 cm³/mol. The molecular formula is C25H51N3O5. The molecule has 0 rings (SSSR count). The summed E-state index contributed by atoms with van der Waals surface area (Å²) in [5.41, 5.74) is 0. The molecule has 0 heterocycles. The molecular weight excluding hydrogens is 422 g/mol. The molecule has 8 nitrogen and oxygen atoms in total. The summed E-state index contributed by atoms with van der Waals surface area (Å²) in [7, 11) is 0. The fraction of sp³-hybridized carbons (Fsp3) is 0.920. The quantitative estimate of drug-likeness (QED) is 0.186. The lowest BCUT2D eigenvalue weighted by Gasteiger charge is -2.09. The van der Waals surface area contributed by atoms with Gasteiger partial charge in [-0.25, -0.2) is 0 Å². The number of amides is 2. The van der Waals surface area contributed by atoms with Crippen LogP contribution in [0.2, 0.25) is 0 Å².